The predicted molar refractivity (Wildman–Crippen MR) is 42.7 cm³/mol. The van der Waals surface area contributed by atoms with Gasteiger partial charge in [-0.15, -0.1) is 11.8 Å². The van der Waals surface area contributed by atoms with Crippen molar-refractivity contribution < 1.29 is 14.7 Å². The topological polar surface area (TPSA) is 54.4 Å². The molecule has 1 fully saturated rings. The number of thioether (sulfide) groups is 1. The van der Waals surface area contributed by atoms with Gasteiger partial charge in [0.25, 0.3) is 0 Å². The van der Waals surface area contributed by atoms with E-state index in [9.17, 15) is 9.59 Å². The zero-order chi connectivity index (χ0) is 8.48. The third-order valence-corrected chi connectivity index (χ3v) is 3.08. The van der Waals surface area contributed by atoms with Crippen molar-refractivity contribution in [1.29, 1.82) is 0 Å². The van der Waals surface area contributed by atoms with Crippen LogP contribution in [0.4, 0.5) is 0 Å². The molecule has 1 aliphatic rings. The number of carbonyl (C=O) groups excluding carboxylic acids is 1. The van der Waals surface area contributed by atoms with Crippen LogP contribution in [-0.2, 0) is 9.59 Å². The van der Waals surface area contributed by atoms with Gasteiger partial charge in [0, 0.05) is 12.8 Å². The van der Waals surface area contributed by atoms with E-state index in [0.29, 0.717) is 0 Å². The second-order valence-electron chi connectivity index (χ2n) is 2.62. The number of rotatable bonds is 3. The summed E-state index contributed by atoms with van der Waals surface area (Å²) in [4.78, 5) is 21.3. The molecule has 1 aliphatic carbocycles. The third-order valence-electron chi connectivity index (χ3n) is 1.78. The van der Waals surface area contributed by atoms with E-state index >= 15 is 0 Å². The van der Waals surface area contributed by atoms with Crippen molar-refractivity contribution in [3.8, 4) is 0 Å². The molecule has 11 heavy (non-hydrogen) atoms. The molecule has 1 N–H and O–H groups in total. The van der Waals surface area contributed by atoms with Crippen LogP contribution in [0, 0.1) is 0 Å². The van der Waals surface area contributed by atoms with E-state index in [2.05, 4.69) is 0 Å². The average molecular weight is 174 g/mol. The summed E-state index contributed by atoms with van der Waals surface area (Å²) in [6.45, 7) is 1.90. The summed E-state index contributed by atoms with van der Waals surface area (Å²) in [5.74, 6) is -0.0307. The molecule has 0 spiro atoms. The maximum atomic E-state index is 10.7. The molecule has 0 amide bonds. The van der Waals surface area contributed by atoms with Crippen LogP contribution in [0.5, 0.6) is 0 Å². The fourth-order valence-corrected chi connectivity index (χ4v) is 2.38. The Bertz CT molecular complexity index is 192. The van der Waals surface area contributed by atoms with Crippen molar-refractivity contribution in [2.75, 3.05) is 5.75 Å². The Balaban J connectivity index is 2.60. The first kappa shape index (κ1) is 8.59. The largest absolute Gasteiger partial charge is 0.480 e. The minimum Gasteiger partial charge on any atom is -0.480 e. The standard InChI is InChI=1S/C7H10O3S/c1-2-11-7(6(9)10)3-5(8)4-7/h2-4H2,1H3,(H,9,10). The summed E-state index contributed by atoms with van der Waals surface area (Å²) in [7, 11) is 0. The number of aliphatic carboxylic acids is 1. The van der Waals surface area contributed by atoms with Crippen molar-refractivity contribution in [2.24, 2.45) is 0 Å². The van der Waals surface area contributed by atoms with Crippen LogP contribution >= 0.6 is 11.8 Å². The van der Waals surface area contributed by atoms with E-state index in [0.717, 1.165) is 5.75 Å². The summed E-state index contributed by atoms with van der Waals surface area (Å²) in [6.07, 6.45) is 0.418. The normalized spacial score (nSPS) is 21.0. The number of ketones is 1. The highest BCUT2D eigenvalue weighted by Crippen LogP contribution is 2.41. The third kappa shape index (κ3) is 1.40. The van der Waals surface area contributed by atoms with Crippen LogP contribution in [0.1, 0.15) is 19.8 Å². The van der Waals surface area contributed by atoms with E-state index in [1.54, 1.807) is 0 Å². The van der Waals surface area contributed by atoms with Gasteiger partial charge in [0.2, 0.25) is 0 Å². The number of carbonyl (C=O) groups is 2. The van der Waals surface area contributed by atoms with Gasteiger partial charge in [-0.1, -0.05) is 6.92 Å². The summed E-state index contributed by atoms with van der Waals surface area (Å²) >= 11 is 1.36. The van der Waals surface area contributed by atoms with E-state index in [4.69, 9.17) is 5.11 Å². The number of Topliss-reactive ketones (excluding diaryl/α,β-unsaturated/α-hetero) is 1. The second kappa shape index (κ2) is 2.85. The quantitative estimate of drug-likeness (QED) is 0.691. The Labute approximate surface area is 69.2 Å². The van der Waals surface area contributed by atoms with Gasteiger partial charge in [-0.3, -0.25) is 9.59 Å². The molecule has 0 saturated heterocycles. The molecule has 0 aromatic carbocycles. The highest BCUT2D eigenvalue weighted by molar-refractivity contribution is 8.01. The molecule has 0 radical (unpaired) electrons. The Morgan fingerprint density at radius 3 is 2.55 bits per heavy atom. The molecule has 0 heterocycles. The Kier molecular flexibility index (Phi) is 2.23. The smallest absolute Gasteiger partial charge is 0.320 e. The summed E-state index contributed by atoms with van der Waals surface area (Å²) in [5.41, 5.74) is 0. The van der Waals surface area contributed by atoms with Crippen molar-refractivity contribution in [3.05, 3.63) is 0 Å². The molecular formula is C7H10O3S. The monoisotopic (exact) mass is 174 g/mol. The molecule has 0 bridgehead atoms. The fourth-order valence-electron chi connectivity index (χ4n) is 1.18. The first-order valence-electron chi connectivity index (χ1n) is 3.50. The minimum absolute atomic E-state index is 0.0633. The molecule has 0 aromatic rings. The molecule has 0 aromatic heterocycles. The van der Waals surface area contributed by atoms with Gasteiger partial charge in [0.05, 0.1) is 0 Å². The Morgan fingerprint density at radius 2 is 2.27 bits per heavy atom. The van der Waals surface area contributed by atoms with E-state index in [1.807, 2.05) is 6.92 Å². The van der Waals surface area contributed by atoms with Crippen LogP contribution < -0.4 is 0 Å². The molecule has 1 rings (SSSR count). The summed E-state index contributed by atoms with van der Waals surface area (Å²) in [5, 5.41) is 8.76. The van der Waals surface area contributed by atoms with Gasteiger partial charge < -0.3 is 5.11 Å². The van der Waals surface area contributed by atoms with Gasteiger partial charge in [-0.2, -0.15) is 0 Å². The Hall–Kier alpha value is -0.510. The number of carboxylic acid groups (broad SMARTS) is 1. The fraction of sp³-hybridized carbons (Fsp3) is 0.714. The average Bonchev–Trinajstić information content (AvgIpc) is 1.84. The summed E-state index contributed by atoms with van der Waals surface area (Å²) in [6, 6.07) is 0. The molecule has 0 atom stereocenters. The summed E-state index contributed by atoms with van der Waals surface area (Å²) < 4.78 is -0.772. The minimum atomic E-state index is -0.844. The van der Waals surface area contributed by atoms with Crippen LogP contribution in [0.2, 0.25) is 0 Å². The highest BCUT2D eigenvalue weighted by atomic mass is 32.2. The molecule has 1 saturated carbocycles. The van der Waals surface area contributed by atoms with Crippen LogP contribution in [0.3, 0.4) is 0 Å². The second-order valence-corrected chi connectivity index (χ2v) is 4.27. The van der Waals surface area contributed by atoms with Crippen LogP contribution in [0.25, 0.3) is 0 Å². The lowest BCUT2D eigenvalue weighted by Crippen LogP contribution is -2.48. The zero-order valence-corrected chi connectivity index (χ0v) is 7.11. The van der Waals surface area contributed by atoms with Gasteiger partial charge in [-0.05, 0) is 5.75 Å². The SMILES string of the molecule is CCSC1(C(=O)O)CC(=O)C1. The van der Waals surface area contributed by atoms with Crippen molar-refractivity contribution in [1.82, 2.24) is 0 Å². The van der Waals surface area contributed by atoms with Gasteiger partial charge in [0.15, 0.2) is 0 Å². The lowest BCUT2D eigenvalue weighted by molar-refractivity contribution is -0.147. The number of carboxylic acids is 1. The lowest BCUT2D eigenvalue weighted by atomic mass is 9.83. The number of hydrogen-bond acceptors (Lipinski definition) is 3. The van der Waals surface area contributed by atoms with E-state index in [1.165, 1.54) is 11.8 Å². The van der Waals surface area contributed by atoms with Crippen LogP contribution in [0.15, 0.2) is 0 Å². The first-order chi connectivity index (χ1) is 5.10. The van der Waals surface area contributed by atoms with Crippen LogP contribution in [-0.4, -0.2) is 27.4 Å². The molecule has 0 aliphatic heterocycles. The van der Waals surface area contributed by atoms with Gasteiger partial charge in [0.1, 0.15) is 10.5 Å². The van der Waals surface area contributed by atoms with Crippen molar-refractivity contribution in [2.45, 2.75) is 24.5 Å². The maximum Gasteiger partial charge on any atom is 0.320 e. The lowest BCUT2D eigenvalue weighted by Gasteiger charge is -2.34. The molecule has 3 nitrogen and oxygen atoms in total. The molecule has 62 valence electrons. The molecular weight excluding hydrogens is 164 g/mol. The number of hydrogen-bond donors (Lipinski definition) is 1. The van der Waals surface area contributed by atoms with Gasteiger partial charge in [-0.25, -0.2) is 0 Å². The predicted octanol–water partition coefficient (Wildman–Crippen LogP) is 0.926. The maximum absolute atomic E-state index is 10.7. The zero-order valence-electron chi connectivity index (χ0n) is 6.29. The highest BCUT2D eigenvalue weighted by Gasteiger charge is 2.50. The molecule has 4 heteroatoms. The first-order valence-corrected chi connectivity index (χ1v) is 4.48. The Morgan fingerprint density at radius 1 is 1.73 bits per heavy atom. The van der Waals surface area contributed by atoms with Crippen molar-refractivity contribution >= 4 is 23.5 Å². The van der Waals surface area contributed by atoms with Crippen molar-refractivity contribution in [3.63, 3.8) is 0 Å². The van der Waals surface area contributed by atoms with E-state index in [-0.39, 0.29) is 18.6 Å². The van der Waals surface area contributed by atoms with E-state index < -0.39 is 10.7 Å². The molecule has 0 unspecified atom stereocenters. The van der Waals surface area contributed by atoms with Gasteiger partial charge >= 0.3 is 5.97 Å².